The van der Waals surface area contributed by atoms with Crippen molar-refractivity contribution in [3.05, 3.63) is 52.8 Å². The van der Waals surface area contributed by atoms with Crippen molar-refractivity contribution in [3.8, 4) is 5.75 Å². The topological polar surface area (TPSA) is 81.5 Å². The molecule has 0 aliphatic carbocycles. The van der Waals surface area contributed by atoms with E-state index < -0.39 is 10.0 Å². The number of halogens is 1. The van der Waals surface area contributed by atoms with Gasteiger partial charge < -0.3 is 14.1 Å². The highest BCUT2D eigenvalue weighted by atomic mass is 79.9. The van der Waals surface area contributed by atoms with Crippen LogP contribution in [0.5, 0.6) is 5.75 Å². The molecule has 0 radical (unpaired) electrons. The van der Waals surface area contributed by atoms with E-state index in [-0.39, 0.29) is 23.5 Å². The van der Waals surface area contributed by atoms with Gasteiger partial charge in [-0.25, -0.2) is 13.4 Å². The first-order chi connectivity index (χ1) is 15.3. The Bertz CT molecular complexity index is 1210. The number of aldehydes is 1. The fraction of sp³-hybridized carbons (Fsp3) is 0.391. The van der Waals surface area contributed by atoms with Crippen molar-refractivity contribution in [1.82, 2.24) is 13.9 Å². The van der Waals surface area contributed by atoms with E-state index >= 15 is 0 Å². The maximum absolute atomic E-state index is 13.1. The van der Waals surface area contributed by atoms with Crippen LogP contribution < -0.4 is 4.74 Å². The molecule has 0 bridgehead atoms. The van der Waals surface area contributed by atoms with E-state index in [4.69, 9.17) is 4.74 Å². The van der Waals surface area contributed by atoms with E-state index in [1.54, 1.807) is 28.6 Å². The van der Waals surface area contributed by atoms with Gasteiger partial charge in [0.1, 0.15) is 22.3 Å². The van der Waals surface area contributed by atoms with Crippen LogP contribution in [-0.2, 0) is 21.4 Å². The van der Waals surface area contributed by atoms with Gasteiger partial charge in [-0.05, 0) is 90.5 Å². The van der Waals surface area contributed by atoms with E-state index in [9.17, 15) is 13.2 Å². The number of aromatic nitrogens is 2. The van der Waals surface area contributed by atoms with Gasteiger partial charge in [0.25, 0.3) is 0 Å². The van der Waals surface area contributed by atoms with Gasteiger partial charge in [0.2, 0.25) is 10.0 Å². The molecule has 0 spiro atoms. The van der Waals surface area contributed by atoms with Crippen molar-refractivity contribution in [2.24, 2.45) is 0 Å². The van der Waals surface area contributed by atoms with Crippen LogP contribution in [0.4, 0.5) is 0 Å². The molecule has 3 aromatic rings. The number of fused-ring (bicyclic) bond motifs is 1. The average Bonchev–Trinajstić information content (AvgIpc) is 3.12. The Morgan fingerprint density at radius 2 is 1.84 bits per heavy atom. The molecule has 4 rings (SSSR count). The smallest absolute Gasteiger partial charge is 0.243 e. The lowest BCUT2D eigenvalue weighted by Crippen LogP contribution is -2.37. The molecule has 1 aliphatic rings. The van der Waals surface area contributed by atoms with Gasteiger partial charge >= 0.3 is 0 Å². The van der Waals surface area contributed by atoms with E-state index in [2.05, 4.69) is 20.9 Å². The van der Waals surface area contributed by atoms with Crippen molar-refractivity contribution in [1.29, 1.82) is 0 Å². The Morgan fingerprint density at radius 1 is 1.16 bits per heavy atom. The summed E-state index contributed by atoms with van der Waals surface area (Å²) in [6.07, 6.45) is 4.30. The standard InChI is InChI=1S/C23H26BrN3O4S/c1-16(2)31-18-3-5-19(6-4-18)32(29,30)27-11-9-17(10-12-27)21-15-26(13-14-28)23-20(21)7-8-22(24)25-23/h3-8,14-17H,9-13H2,1-2H3. The van der Waals surface area contributed by atoms with Gasteiger partial charge in [-0.1, -0.05) is 0 Å². The highest BCUT2D eigenvalue weighted by Gasteiger charge is 2.31. The van der Waals surface area contributed by atoms with Crippen LogP contribution >= 0.6 is 15.9 Å². The van der Waals surface area contributed by atoms with Gasteiger partial charge in [-0.15, -0.1) is 0 Å². The minimum absolute atomic E-state index is 0.0327. The average molecular weight is 520 g/mol. The second-order valence-electron chi connectivity index (χ2n) is 8.22. The number of rotatable bonds is 7. The Kier molecular flexibility index (Phi) is 6.69. The maximum atomic E-state index is 13.1. The van der Waals surface area contributed by atoms with E-state index in [0.717, 1.165) is 22.9 Å². The number of nitrogens with zero attached hydrogens (tertiary/aromatic N) is 3. The van der Waals surface area contributed by atoms with E-state index in [0.29, 0.717) is 36.3 Å². The number of carbonyl (C=O) groups excluding carboxylic acids is 1. The summed E-state index contributed by atoms with van der Waals surface area (Å²) in [4.78, 5) is 15.9. The number of carbonyl (C=O) groups is 1. The molecule has 9 heteroatoms. The number of ether oxygens (including phenoxy) is 1. The third-order valence-electron chi connectivity index (χ3n) is 5.72. The van der Waals surface area contributed by atoms with Crippen molar-refractivity contribution in [2.75, 3.05) is 13.1 Å². The number of sulfonamides is 1. The molecule has 7 nitrogen and oxygen atoms in total. The van der Waals surface area contributed by atoms with Crippen LogP contribution in [0.2, 0.25) is 0 Å². The summed E-state index contributed by atoms with van der Waals surface area (Å²) in [5.74, 6) is 0.867. The molecule has 0 N–H and O–H groups in total. The Balaban J connectivity index is 1.51. The minimum atomic E-state index is -3.56. The molecule has 1 aromatic carbocycles. The highest BCUT2D eigenvalue weighted by Crippen LogP contribution is 2.36. The first kappa shape index (κ1) is 22.9. The van der Waals surface area contributed by atoms with Crippen LogP contribution in [-0.4, -0.2) is 47.8 Å². The van der Waals surface area contributed by atoms with Gasteiger partial charge in [0.15, 0.2) is 0 Å². The number of benzene rings is 1. The van der Waals surface area contributed by atoms with Gasteiger partial charge in [0.05, 0.1) is 17.5 Å². The molecule has 0 amide bonds. The van der Waals surface area contributed by atoms with Crippen molar-refractivity contribution < 1.29 is 17.9 Å². The second-order valence-corrected chi connectivity index (χ2v) is 11.0. The molecule has 170 valence electrons. The second kappa shape index (κ2) is 9.33. The quantitative estimate of drug-likeness (QED) is 0.342. The predicted molar refractivity (Wildman–Crippen MR) is 126 cm³/mol. The summed E-state index contributed by atoms with van der Waals surface area (Å²) in [7, 11) is -3.56. The third-order valence-corrected chi connectivity index (χ3v) is 8.07. The van der Waals surface area contributed by atoms with Gasteiger partial charge in [0, 0.05) is 24.7 Å². The summed E-state index contributed by atoms with van der Waals surface area (Å²) in [5.41, 5.74) is 1.88. The Hall–Kier alpha value is -2.23. The summed E-state index contributed by atoms with van der Waals surface area (Å²) >= 11 is 3.40. The molecule has 2 aromatic heterocycles. The fourth-order valence-electron chi connectivity index (χ4n) is 4.23. The summed E-state index contributed by atoms with van der Waals surface area (Å²) in [5, 5.41) is 1.01. The SMILES string of the molecule is CC(C)Oc1ccc(S(=O)(=O)N2CCC(c3cn(CC=O)c4nc(Br)ccc34)CC2)cc1. The molecule has 1 saturated heterocycles. The van der Waals surface area contributed by atoms with Crippen LogP contribution in [0.1, 0.15) is 38.2 Å². The normalized spacial score (nSPS) is 16.0. The van der Waals surface area contributed by atoms with Crippen LogP contribution in [0.15, 0.2) is 52.1 Å². The Labute approximate surface area is 196 Å². The fourth-order valence-corrected chi connectivity index (χ4v) is 6.00. The van der Waals surface area contributed by atoms with Crippen molar-refractivity contribution >= 4 is 43.3 Å². The van der Waals surface area contributed by atoms with E-state index in [1.165, 1.54) is 0 Å². The molecule has 1 fully saturated rings. The summed E-state index contributed by atoms with van der Waals surface area (Å²) < 4.78 is 36.0. The predicted octanol–water partition coefficient (Wildman–Crippen LogP) is 4.35. The first-order valence-corrected chi connectivity index (χ1v) is 12.9. The zero-order chi connectivity index (χ0) is 22.9. The molecule has 32 heavy (non-hydrogen) atoms. The molecular formula is C23H26BrN3O4S. The summed E-state index contributed by atoms with van der Waals surface area (Å²) in [6, 6.07) is 10.5. The largest absolute Gasteiger partial charge is 0.491 e. The van der Waals surface area contributed by atoms with Crippen LogP contribution in [0.3, 0.4) is 0 Å². The van der Waals surface area contributed by atoms with Crippen molar-refractivity contribution in [3.63, 3.8) is 0 Å². The lowest BCUT2D eigenvalue weighted by Gasteiger charge is -2.31. The number of hydrogen-bond donors (Lipinski definition) is 0. The number of piperidine rings is 1. The molecule has 0 saturated carbocycles. The summed E-state index contributed by atoms with van der Waals surface area (Å²) in [6.45, 7) is 4.99. The molecule has 0 atom stereocenters. The first-order valence-electron chi connectivity index (χ1n) is 10.7. The molecule has 1 aliphatic heterocycles. The van der Waals surface area contributed by atoms with Crippen LogP contribution in [0, 0.1) is 0 Å². The van der Waals surface area contributed by atoms with E-state index in [1.807, 2.05) is 36.7 Å². The zero-order valence-corrected chi connectivity index (χ0v) is 20.5. The van der Waals surface area contributed by atoms with Crippen LogP contribution in [0.25, 0.3) is 11.0 Å². The zero-order valence-electron chi connectivity index (χ0n) is 18.1. The maximum Gasteiger partial charge on any atom is 0.243 e. The lowest BCUT2D eigenvalue weighted by molar-refractivity contribution is -0.108. The van der Waals surface area contributed by atoms with Crippen molar-refractivity contribution in [2.45, 2.75) is 50.2 Å². The minimum Gasteiger partial charge on any atom is -0.491 e. The number of hydrogen-bond acceptors (Lipinski definition) is 5. The highest BCUT2D eigenvalue weighted by molar-refractivity contribution is 9.10. The Morgan fingerprint density at radius 3 is 2.47 bits per heavy atom. The lowest BCUT2D eigenvalue weighted by atomic mass is 9.90. The van der Waals surface area contributed by atoms with Gasteiger partial charge in [-0.2, -0.15) is 4.31 Å². The van der Waals surface area contributed by atoms with Gasteiger partial charge in [-0.3, -0.25) is 0 Å². The molecular weight excluding hydrogens is 494 g/mol. The monoisotopic (exact) mass is 519 g/mol. The third kappa shape index (κ3) is 4.60. The molecule has 3 heterocycles. The number of pyridine rings is 1. The molecule has 0 unspecified atom stereocenters.